The van der Waals surface area contributed by atoms with Crippen molar-refractivity contribution in [2.45, 2.75) is 52.0 Å². The van der Waals surface area contributed by atoms with Crippen LogP contribution >= 0.6 is 0 Å². The normalized spacial score (nSPS) is 15.8. The van der Waals surface area contributed by atoms with Crippen LogP contribution in [0.1, 0.15) is 60.8 Å². The number of alkyl halides is 2. The number of rotatable bonds is 10. The predicted octanol–water partition coefficient (Wildman–Crippen LogP) is 3.47. The molecule has 1 aliphatic rings. The SMILES string of the molecule is Cc1cc(OCCCC2CCN(c3nc(C(F)F)no3)CC2)ccc1C(=O)NC[C@@H](C)N. The van der Waals surface area contributed by atoms with Gasteiger partial charge >= 0.3 is 12.4 Å². The van der Waals surface area contributed by atoms with E-state index in [9.17, 15) is 13.6 Å². The van der Waals surface area contributed by atoms with E-state index in [1.807, 2.05) is 30.9 Å². The van der Waals surface area contributed by atoms with E-state index in [-0.39, 0.29) is 18.0 Å². The molecular weight excluding hydrogens is 420 g/mol. The first-order chi connectivity index (χ1) is 15.3. The van der Waals surface area contributed by atoms with Crippen LogP contribution in [-0.4, -0.2) is 48.3 Å². The summed E-state index contributed by atoms with van der Waals surface area (Å²) in [4.78, 5) is 17.8. The molecule has 1 amide bonds. The third-order valence-electron chi connectivity index (χ3n) is 5.56. The molecule has 0 spiro atoms. The van der Waals surface area contributed by atoms with Gasteiger partial charge in [-0.05, 0) is 69.2 Å². The van der Waals surface area contributed by atoms with Crippen molar-refractivity contribution in [3.8, 4) is 5.75 Å². The van der Waals surface area contributed by atoms with E-state index in [0.717, 1.165) is 37.0 Å². The van der Waals surface area contributed by atoms with Crippen LogP contribution in [0, 0.1) is 12.8 Å². The van der Waals surface area contributed by atoms with Crippen molar-refractivity contribution < 1.29 is 22.8 Å². The molecule has 2 aromatic rings. The molecule has 0 saturated carbocycles. The molecule has 3 N–H and O–H groups in total. The Labute approximate surface area is 186 Å². The fourth-order valence-electron chi connectivity index (χ4n) is 3.75. The molecule has 0 bridgehead atoms. The Morgan fingerprint density at radius 2 is 2.12 bits per heavy atom. The Morgan fingerprint density at radius 3 is 2.75 bits per heavy atom. The molecule has 32 heavy (non-hydrogen) atoms. The number of halogens is 2. The molecule has 1 atom stereocenters. The van der Waals surface area contributed by atoms with Gasteiger partial charge in [-0.3, -0.25) is 4.79 Å². The summed E-state index contributed by atoms with van der Waals surface area (Å²) >= 11 is 0. The van der Waals surface area contributed by atoms with Gasteiger partial charge in [0, 0.05) is 31.2 Å². The monoisotopic (exact) mass is 451 g/mol. The van der Waals surface area contributed by atoms with Gasteiger partial charge in [-0.25, -0.2) is 8.78 Å². The third kappa shape index (κ3) is 6.62. The van der Waals surface area contributed by atoms with Gasteiger partial charge in [0.15, 0.2) is 0 Å². The van der Waals surface area contributed by atoms with E-state index >= 15 is 0 Å². The average Bonchev–Trinajstić information content (AvgIpc) is 3.26. The number of hydrogen-bond acceptors (Lipinski definition) is 7. The van der Waals surface area contributed by atoms with Crippen molar-refractivity contribution in [2.24, 2.45) is 11.7 Å². The highest BCUT2D eigenvalue weighted by Crippen LogP contribution is 2.27. The number of ether oxygens (including phenoxy) is 1. The number of carbonyl (C=O) groups excluding carboxylic acids is 1. The lowest BCUT2D eigenvalue weighted by Crippen LogP contribution is -2.35. The van der Waals surface area contributed by atoms with Crippen LogP contribution < -0.4 is 20.7 Å². The molecule has 8 nitrogen and oxygen atoms in total. The molecule has 176 valence electrons. The van der Waals surface area contributed by atoms with Gasteiger partial charge in [-0.2, -0.15) is 4.98 Å². The van der Waals surface area contributed by atoms with Gasteiger partial charge in [-0.1, -0.05) is 5.16 Å². The molecule has 0 aliphatic carbocycles. The van der Waals surface area contributed by atoms with E-state index in [1.54, 1.807) is 6.07 Å². The van der Waals surface area contributed by atoms with Crippen LogP contribution in [0.4, 0.5) is 14.8 Å². The minimum absolute atomic E-state index is 0.0914. The first-order valence-corrected chi connectivity index (χ1v) is 11.0. The van der Waals surface area contributed by atoms with Gasteiger partial charge < -0.3 is 25.2 Å². The smallest absolute Gasteiger partial charge is 0.324 e. The Hall–Kier alpha value is -2.75. The van der Waals surface area contributed by atoms with Crippen LogP contribution in [0.15, 0.2) is 22.7 Å². The zero-order chi connectivity index (χ0) is 23.1. The summed E-state index contributed by atoms with van der Waals surface area (Å²) in [7, 11) is 0. The third-order valence-corrected chi connectivity index (χ3v) is 5.56. The van der Waals surface area contributed by atoms with Gasteiger partial charge in [0.05, 0.1) is 6.61 Å². The molecule has 1 aromatic carbocycles. The number of hydrogen-bond donors (Lipinski definition) is 2. The zero-order valence-corrected chi connectivity index (χ0v) is 18.5. The Balaban J connectivity index is 1.36. The second-order valence-corrected chi connectivity index (χ2v) is 8.32. The first-order valence-electron chi connectivity index (χ1n) is 11.0. The second-order valence-electron chi connectivity index (χ2n) is 8.32. The zero-order valence-electron chi connectivity index (χ0n) is 18.5. The highest BCUT2D eigenvalue weighted by Gasteiger charge is 2.24. The van der Waals surface area contributed by atoms with Crippen molar-refractivity contribution in [3.63, 3.8) is 0 Å². The van der Waals surface area contributed by atoms with Gasteiger partial charge in [0.1, 0.15) is 5.75 Å². The standard InChI is InChI=1S/C22H31F2N5O3/c1-14-12-17(5-6-18(14)21(30)26-13-15(2)25)31-11-3-4-16-7-9-29(10-8-16)22-27-20(19(23)24)28-32-22/h5-6,12,15-16,19H,3-4,7-11,13,25H2,1-2H3,(H,26,30)/t15-/m1/s1. The second kappa shape index (κ2) is 11.2. The van der Waals surface area contributed by atoms with E-state index in [4.69, 9.17) is 15.0 Å². The summed E-state index contributed by atoms with van der Waals surface area (Å²) in [6.45, 7) is 6.17. The maximum absolute atomic E-state index is 12.6. The minimum Gasteiger partial charge on any atom is -0.494 e. The molecule has 0 radical (unpaired) electrons. The number of benzene rings is 1. The highest BCUT2D eigenvalue weighted by atomic mass is 19.3. The summed E-state index contributed by atoms with van der Waals surface area (Å²) in [5.74, 6) is 0.592. The number of nitrogens with two attached hydrogens (primary N) is 1. The Morgan fingerprint density at radius 1 is 1.38 bits per heavy atom. The summed E-state index contributed by atoms with van der Waals surface area (Å²) < 4.78 is 36.0. The summed E-state index contributed by atoms with van der Waals surface area (Å²) in [6.07, 6.45) is 1.10. The maximum Gasteiger partial charge on any atom is 0.324 e. The molecule has 1 aromatic heterocycles. The number of nitrogens with zero attached hydrogens (tertiary/aromatic N) is 3. The number of carbonyl (C=O) groups is 1. The topological polar surface area (TPSA) is 107 Å². The summed E-state index contributed by atoms with van der Waals surface area (Å²) in [6, 6.07) is 5.54. The minimum atomic E-state index is -2.72. The average molecular weight is 452 g/mol. The lowest BCUT2D eigenvalue weighted by atomic mass is 9.92. The number of amides is 1. The van der Waals surface area contributed by atoms with E-state index in [0.29, 0.717) is 37.7 Å². The van der Waals surface area contributed by atoms with Gasteiger partial charge in [0.25, 0.3) is 5.91 Å². The van der Waals surface area contributed by atoms with E-state index in [2.05, 4.69) is 15.5 Å². The molecule has 1 saturated heterocycles. The van der Waals surface area contributed by atoms with Crippen LogP contribution in [-0.2, 0) is 0 Å². The van der Waals surface area contributed by atoms with Crippen LogP contribution in [0.25, 0.3) is 0 Å². The number of aryl methyl sites for hydroxylation is 1. The maximum atomic E-state index is 12.6. The Bertz CT molecular complexity index is 882. The fourth-order valence-corrected chi connectivity index (χ4v) is 3.75. The van der Waals surface area contributed by atoms with E-state index < -0.39 is 12.2 Å². The van der Waals surface area contributed by atoms with Crippen molar-refractivity contribution in [1.29, 1.82) is 0 Å². The molecular formula is C22H31F2N5O3. The van der Waals surface area contributed by atoms with Gasteiger partial charge in [-0.15, -0.1) is 0 Å². The number of piperidine rings is 1. The molecule has 3 rings (SSSR count). The molecule has 2 heterocycles. The molecule has 1 aliphatic heterocycles. The molecule has 10 heteroatoms. The summed E-state index contributed by atoms with van der Waals surface area (Å²) in [5.41, 5.74) is 7.15. The van der Waals surface area contributed by atoms with Crippen molar-refractivity contribution >= 4 is 11.9 Å². The predicted molar refractivity (Wildman–Crippen MR) is 116 cm³/mol. The number of aromatic nitrogens is 2. The fraction of sp³-hybridized carbons (Fsp3) is 0.591. The van der Waals surface area contributed by atoms with Crippen LogP contribution in [0.2, 0.25) is 0 Å². The van der Waals surface area contributed by atoms with Gasteiger partial charge in [0.2, 0.25) is 5.82 Å². The van der Waals surface area contributed by atoms with Crippen LogP contribution in [0.3, 0.4) is 0 Å². The summed E-state index contributed by atoms with van der Waals surface area (Å²) in [5, 5.41) is 6.13. The quantitative estimate of drug-likeness (QED) is 0.533. The first kappa shape index (κ1) is 23.9. The van der Waals surface area contributed by atoms with Crippen molar-refractivity contribution in [3.05, 3.63) is 35.2 Å². The highest BCUT2D eigenvalue weighted by molar-refractivity contribution is 5.95. The van der Waals surface area contributed by atoms with Crippen LogP contribution in [0.5, 0.6) is 5.75 Å². The largest absolute Gasteiger partial charge is 0.494 e. The lowest BCUT2D eigenvalue weighted by Gasteiger charge is -2.30. The lowest BCUT2D eigenvalue weighted by molar-refractivity contribution is 0.0951. The Kier molecular flexibility index (Phi) is 8.38. The van der Waals surface area contributed by atoms with Crippen molar-refractivity contribution in [1.82, 2.24) is 15.5 Å². The molecule has 1 fully saturated rings. The van der Waals surface area contributed by atoms with Crippen molar-refractivity contribution in [2.75, 3.05) is 31.1 Å². The van der Waals surface area contributed by atoms with E-state index in [1.165, 1.54) is 0 Å². The molecule has 0 unspecified atom stereocenters. The number of nitrogens with one attached hydrogen (secondary N) is 1. The number of anilines is 1.